The van der Waals surface area contributed by atoms with E-state index in [1.807, 2.05) is 0 Å². The Bertz CT molecular complexity index is 543. The summed E-state index contributed by atoms with van der Waals surface area (Å²) in [5, 5.41) is 5.35. The third kappa shape index (κ3) is 4.78. The molecule has 0 unspecified atom stereocenters. The van der Waals surface area contributed by atoms with Gasteiger partial charge in [-0.1, -0.05) is 19.3 Å². The first-order chi connectivity index (χ1) is 10.8. The summed E-state index contributed by atoms with van der Waals surface area (Å²) in [5.41, 5.74) is 4.24. The Labute approximate surface area is 132 Å². The number of aromatic nitrogens is 2. The monoisotopic (exact) mass is 331 g/mol. The number of nitrogens with one attached hydrogen (secondary N) is 2. The zero-order chi connectivity index (χ0) is 16.9. The number of hydrogen-bond donors (Lipinski definition) is 3. The SMILES string of the molecule is NC1(C(=O)NCCNc2nccc(C(F)(F)F)n2)CCCCC1. The lowest BCUT2D eigenvalue weighted by Crippen LogP contribution is -2.55. The molecule has 0 aromatic carbocycles. The van der Waals surface area contributed by atoms with Gasteiger partial charge in [-0.25, -0.2) is 9.97 Å². The van der Waals surface area contributed by atoms with Crippen LogP contribution in [0.15, 0.2) is 12.3 Å². The molecule has 0 bridgehead atoms. The summed E-state index contributed by atoms with van der Waals surface area (Å²) in [6.07, 6.45) is 0.779. The van der Waals surface area contributed by atoms with Crippen molar-refractivity contribution in [3.63, 3.8) is 0 Å². The van der Waals surface area contributed by atoms with Crippen LogP contribution in [0.1, 0.15) is 37.8 Å². The Morgan fingerprint density at radius 3 is 2.61 bits per heavy atom. The van der Waals surface area contributed by atoms with Gasteiger partial charge in [0.2, 0.25) is 11.9 Å². The lowest BCUT2D eigenvalue weighted by atomic mass is 9.82. The van der Waals surface area contributed by atoms with Crippen LogP contribution >= 0.6 is 0 Å². The van der Waals surface area contributed by atoms with Crippen LogP contribution in [-0.2, 0) is 11.0 Å². The van der Waals surface area contributed by atoms with E-state index in [1.165, 1.54) is 0 Å². The van der Waals surface area contributed by atoms with Crippen molar-refractivity contribution in [2.24, 2.45) is 5.73 Å². The fourth-order valence-electron chi connectivity index (χ4n) is 2.54. The van der Waals surface area contributed by atoms with Crippen molar-refractivity contribution in [1.82, 2.24) is 15.3 Å². The van der Waals surface area contributed by atoms with Crippen LogP contribution in [0.5, 0.6) is 0 Å². The molecule has 1 aliphatic rings. The van der Waals surface area contributed by atoms with Gasteiger partial charge < -0.3 is 16.4 Å². The molecular weight excluding hydrogens is 311 g/mol. The van der Waals surface area contributed by atoms with Gasteiger partial charge in [0.05, 0.1) is 5.54 Å². The second kappa shape index (κ2) is 7.12. The Balaban J connectivity index is 1.78. The Hall–Kier alpha value is -1.90. The number of alkyl halides is 3. The van der Waals surface area contributed by atoms with Gasteiger partial charge in [0.15, 0.2) is 0 Å². The summed E-state index contributed by atoms with van der Waals surface area (Å²) in [6, 6.07) is 0.800. The normalized spacial score (nSPS) is 17.6. The van der Waals surface area contributed by atoms with Gasteiger partial charge in [-0.2, -0.15) is 13.2 Å². The molecule has 1 aromatic rings. The highest BCUT2D eigenvalue weighted by Crippen LogP contribution is 2.27. The van der Waals surface area contributed by atoms with Gasteiger partial charge in [-0.15, -0.1) is 0 Å². The first-order valence-corrected chi connectivity index (χ1v) is 7.52. The smallest absolute Gasteiger partial charge is 0.353 e. The standard InChI is InChI=1S/C14H20F3N5O/c15-14(16,17)10-4-7-20-12(22-10)21-9-8-19-11(23)13(18)5-2-1-3-6-13/h4,7H,1-3,5-6,8-9,18H2,(H,19,23)(H,20,21,22). The van der Waals surface area contributed by atoms with Gasteiger partial charge in [-0.3, -0.25) is 4.79 Å². The zero-order valence-corrected chi connectivity index (χ0v) is 12.6. The summed E-state index contributed by atoms with van der Waals surface area (Å²) < 4.78 is 37.6. The van der Waals surface area contributed by atoms with Gasteiger partial charge in [0.25, 0.3) is 0 Å². The fourth-order valence-corrected chi connectivity index (χ4v) is 2.54. The summed E-state index contributed by atoms with van der Waals surface area (Å²) in [5.74, 6) is -0.349. The number of amides is 1. The minimum absolute atomic E-state index is 0.130. The molecule has 1 fully saturated rings. The van der Waals surface area contributed by atoms with Crippen LogP contribution in [0.2, 0.25) is 0 Å². The van der Waals surface area contributed by atoms with Gasteiger partial charge >= 0.3 is 6.18 Å². The van der Waals surface area contributed by atoms with Crippen molar-refractivity contribution in [3.05, 3.63) is 18.0 Å². The highest BCUT2D eigenvalue weighted by atomic mass is 19.4. The maximum atomic E-state index is 12.5. The largest absolute Gasteiger partial charge is 0.433 e. The molecule has 1 aromatic heterocycles. The number of carbonyl (C=O) groups is 1. The molecule has 0 radical (unpaired) electrons. The molecule has 1 aliphatic carbocycles. The number of nitrogens with two attached hydrogens (primary N) is 1. The van der Waals surface area contributed by atoms with E-state index < -0.39 is 17.4 Å². The Morgan fingerprint density at radius 1 is 1.26 bits per heavy atom. The molecule has 9 heteroatoms. The maximum absolute atomic E-state index is 12.5. The summed E-state index contributed by atoms with van der Waals surface area (Å²) in [7, 11) is 0. The first kappa shape index (κ1) is 17.5. The van der Waals surface area contributed by atoms with Crippen molar-refractivity contribution in [1.29, 1.82) is 0 Å². The first-order valence-electron chi connectivity index (χ1n) is 7.52. The van der Waals surface area contributed by atoms with Crippen molar-refractivity contribution >= 4 is 11.9 Å². The van der Waals surface area contributed by atoms with Gasteiger partial charge in [0.1, 0.15) is 5.69 Å². The fraction of sp³-hybridized carbons (Fsp3) is 0.643. The van der Waals surface area contributed by atoms with Gasteiger partial charge in [0, 0.05) is 19.3 Å². The van der Waals surface area contributed by atoms with Crippen molar-refractivity contribution < 1.29 is 18.0 Å². The van der Waals surface area contributed by atoms with Crippen LogP contribution in [0.4, 0.5) is 19.1 Å². The molecule has 0 aliphatic heterocycles. The highest BCUT2D eigenvalue weighted by molar-refractivity contribution is 5.86. The number of rotatable bonds is 5. The van der Waals surface area contributed by atoms with E-state index in [0.717, 1.165) is 31.5 Å². The van der Waals surface area contributed by atoms with Crippen LogP contribution in [-0.4, -0.2) is 34.5 Å². The van der Waals surface area contributed by atoms with E-state index in [2.05, 4.69) is 20.6 Å². The van der Waals surface area contributed by atoms with Gasteiger partial charge in [-0.05, 0) is 18.9 Å². The van der Waals surface area contributed by atoms with Crippen LogP contribution in [0, 0.1) is 0 Å². The second-order valence-corrected chi connectivity index (χ2v) is 5.66. The minimum Gasteiger partial charge on any atom is -0.353 e. The molecule has 1 amide bonds. The number of hydrogen-bond acceptors (Lipinski definition) is 5. The number of carbonyl (C=O) groups excluding carboxylic acids is 1. The molecule has 6 nitrogen and oxygen atoms in total. The second-order valence-electron chi connectivity index (χ2n) is 5.66. The third-order valence-electron chi connectivity index (χ3n) is 3.84. The van der Waals surface area contributed by atoms with Crippen LogP contribution < -0.4 is 16.4 Å². The van der Waals surface area contributed by atoms with E-state index in [1.54, 1.807) is 0 Å². The van der Waals surface area contributed by atoms with Crippen LogP contribution in [0.25, 0.3) is 0 Å². The average molecular weight is 331 g/mol. The topological polar surface area (TPSA) is 92.9 Å². The van der Waals surface area contributed by atoms with E-state index in [0.29, 0.717) is 12.8 Å². The summed E-state index contributed by atoms with van der Waals surface area (Å²) in [4.78, 5) is 19.2. The molecule has 23 heavy (non-hydrogen) atoms. The number of anilines is 1. The lowest BCUT2D eigenvalue weighted by molar-refractivity contribution is -0.141. The van der Waals surface area contributed by atoms with E-state index in [9.17, 15) is 18.0 Å². The van der Waals surface area contributed by atoms with E-state index in [4.69, 9.17) is 5.73 Å². The summed E-state index contributed by atoms with van der Waals surface area (Å²) in [6.45, 7) is 0.445. The third-order valence-corrected chi connectivity index (χ3v) is 3.84. The number of nitrogens with zero attached hydrogens (tertiary/aromatic N) is 2. The molecule has 0 spiro atoms. The lowest BCUT2D eigenvalue weighted by Gasteiger charge is -2.31. The summed E-state index contributed by atoms with van der Waals surface area (Å²) >= 11 is 0. The Morgan fingerprint density at radius 2 is 1.96 bits per heavy atom. The van der Waals surface area contributed by atoms with Crippen molar-refractivity contribution in [2.75, 3.05) is 18.4 Å². The predicted octanol–water partition coefficient (Wildman–Crippen LogP) is 1.69. The van der Waals surface area contributed by atoms with E-state index in [-0.39, 0.29) is 24.9 Å². The van der Waals surface area contributed by atoms with Crippen molar-refractivity contribution in [3.8, 4) is 0 Å². The quantitative estimate of drug-likeness (QED) is 0.714. The molecule has 2 rings (SSSR count). The predicted molar refractivity (Wildman–Crippen MR) is 78.5 cm³/mol. The van der Waals surface area contributed by atoms with Crippen LogP contribution in [0.3, 0.4) is 0 Å². The molecule has 0 atom stereocenters. The molecule has 1 heterocycles. The highest BCUT2D eigenvalue weighted by Gasteiger charge is 2.35. The van der Waals surface area contributed by atoms with Crippen molar-refractivity contribution in [2.45, 2.75) is 43.8 Å². The zero-order valence-electron chi connectivity index (χ0n) is 12.6. The minimum atomic E-state index is -4.51. The number of halogens is 3. The molecule has 4 N–H and O–H groups in total. The molecular formula is C14H20F3N5O. The molecule has 128 valence electrons. The average Bonchev–Trinajstić information content (AvgIpc) is 2.51. The Kier molecular flexibility index (Phi) is 5.40. The molecule has 0 saturated heterocycles. The molecule has 1 saturated carbocycles. The maximum Gasteiger partial charge on any atom is 0.433 e. The van der Waals surface area contributed by atoms with E-state index >= 15 is 0 Å².